The highest BCUT2D eigenvalue weighted by Crippen LogP contribution is 2.24. The largest absolute Gasteiger partial charge is 0.344 e. The first kappa shape index (κ1) is 22.5. The second-order valence-electron chi connectivity index (χ2n) is 8.41. The predicted molar refractivity (Wildman–Crippen MR) is 135 cm³/mol. The summed E-state index contributed by atoms with van der Waals surface area (Å²) < 4.78 is 0. The molecule has 2 heterocycles. The van der Waals surface area contributed by atoms with Gasteiger partial charge in [0.2, 0.25) is 0 Å². The number of carbonyl (C=O) groups excluding carboxylic acids is 1. The number of allylic oxidation sites excluding steroid dienone is 1. The van der Waals surface area contributed by atoms with Gasteiger partial charge < -0.3 is 4.90 Å². The topological polar surface area (TPSA) is 48.8 Å². The van der Waals surface area contributed by atoms with Crippen LogP contribution in [0.5, 0.6) is 0 Å². The molecule has 0 bridgehead atoms. The predicted octanol–water partition coefficient (Wildman–Crippen LogP) is 6.24. The van der Waals surface area contributed by atoms with Crippen molar-refractivity contribution in [1.82, 2.24) is 14.9 Å². The molecule has 1 aromatic heterocycles. The highest BCUT2D eigenvalue weighted by atomic mass is 16.2. The molecule has 4 rings (SSSR count). The summed E-state index contributed by atoms with van der Waals surface area (Å²) in [6.45, 7) is 6.39. The van der Waals surface area contributed by atoms with Crippen LogP contribution in [0.25, 0.3) is 16.8 Å². The van der Waals surface area contributed by atoms with Crippen LogP contribution in [0.1, 0.15) is 37.3 Å². The number of hydrogen-bond acceptors (Lipinski definition) is 3. The van der Waals surface area contributed by atoms with E-state index < -0.39 is 0 Å². The Labute approximate surface area is 196 Å². The molecule has 0 radical (unpaired) electrons. The Balaban J connectivity index is 1.49. The zero-order chi connectivity index (χ0) is 23.0. The molecule has 1 unspecified atom stereocenters. The van der Waals surface area contributed by atoms with E-state index in [9.17, 15) is 4.79 Å². The number of carbonyl (C=O) groups is 1. The van der Waals surface area contributed by atoms with E-state index >= 15 is 0 Å². The number of likely N-dealkylation sites (tertiary alicyclic amines) is 1. The van der Waals surface area contributed by atoms with Gasteiger partial charge in [0.1, 0.15) is 0 Å². The molecule has 2 amide bonds. The van der Waals surface area contributed by atoms with Crippen LogP contribution in [0.4, 0.5) is 4.79 Å². The summed E-state index contributed by atoms with van der Waals surface area (Å²) in [4.78, 5) is 19.8. The molecule has 3 aromatic rings. The summed E-state index contributed by atoms with van der Waals surface area (Å²) in [5.41, 5.74) is 5.21. The molecule has 2 aromatic carbocycles. The summed E-state index contributed by atoms with van der Waals surface area (Å²) >= 11 is 0. The minimum Gasteiger partial charge on any atom is -0.320 e. The van der Waals surface area contributed by atoms with Crippen LogP contribution in [-0.4, -0.2) is 40.2 Å². The normalized spacial score (nSPS) is 16.3. The van der Waals surface area contributed by atoms with Crippen molar-refractivity contribution in [2.45, 2.75) is 38.6 Å². The van der Waals surface area contributed by atoms with Crippen molar-refractivity contribution in [3.63, 3.8) is 0 Å². The number of hydrogen-bond donors (Lipinski definition) is 0. The fourth-order valence-corrected chi connectivity index (χ4v) is 4.33. The number of benzene rings is 2. The molecule has 168 valence electrons. The van der Waals surface area contributed by atoms with E-state index in [4.69, 9.17) is 0 Å². The van der Waals surface area contributed by atoms with Crippen LogP contribution in [0.2, 0.25) is 0 Å². The highest BCUT2D eigenvalue weighted by Gasteiger charge is 2.29. The Morgan fingerprint density at radius 2 is 1.85 bits per heavy atom. The smallest absolute Gasteiger partial charge is 0.320 e. The molecule has 1 fully saturated rings. The Morgan fingerprint density at radius 3 is 2.55 bits per heavy atom. The van der Waals surface area contributed by atoms with Crippen LogP contribution >= 0.6 is 0 Å². The standard InChI is InChI=1S/C28H30N4O/c1-22(24-14-16-25(17-15-24)27-13-6-8-18-30-27)21-32(29-2)28(33)31-19-9-7-12-26(31)20-23-10-4-3-5-11-23/h3-6,8,10-11,13-18,21,26H,2,7,9,12,19-20H2,1H3/b22-21+. The van der Waals surface area contributed by atoms with Gasteiger partial charge >= 0.3 is 6.03 Å². The molecule has 0 aliphatic carbocycles. The minimum absolute atomic E-state index is 0.116. The quantitative estimate of drug-likeness (QED) is 0.338. The summed E-state index contributed by atoms with van der Waals surface area (Å²) in [6, 6.07) is 24.5. The van der Waals surface area contributed by atoms with Gasteiger partial charge in [0, 0.05) is 37.3 Å². The molecule has 1 atom stereocenters. The van der Waals surface area contributed by atoms with E-state index in [0.717, 1.165) is 54.6 Å². The summed E-state index contributed by atoms with van der Waals surface area (Å²) in [5, 5.41) is 5.42. The average Bonchev–Trinajstić information content (AvgIpc) is 2.88. The van der Waals surface area contributed by atoms with Crippen LogP contribution in [0, 0.1) is 0 Å². The van der Waals surface area contributed by atoms with Crippen LogP contribution < -0.4 is 0 Å². The summed E-state index contributed by atoms with van der Waals surface area (Å²) in [6.07, 6.45) is 7.58. The van der Waals surface area contributed by atoms with Crippen LogP contribution in [-0.2, 0) is 6.42 Å². The van der Waals surface area contributed by atoms with Gasteiger partial charge in [0.25, 0.3) is 0 Å². The zero-order valence-corrected chi connectivity index (χ0v) is 19.1. The number of urea groups is 1. The maximum atomic E-state index is 13.4. The maximum Gasteiger partial charge on any atom is 0.344 e. The Morgan fingerprint density at radius 1 is 1.09 bits per heavy atom. The molecule has 0 N–H and O–H groups in total. The van der Waals surface area contributed by atoms with Gasteiger partial charge in [-0.3, -0.25) is 4.98 Å². The molecule has 1 saturated heterocycles. The van der Waals surface area contributed by atoms with Crippen LogP contribution in [0.3, 0.4) is 0 Å². The number of hydrazone groups is 1. The van der Waals surface area contributed by atoms with Gasteiger partial charge in [0.15, 0.2) is 0 Å². The van der Waals surface area contributed by atoms with Gasteiger partial charge in [-0.05, 0) is 61.4 Å². The van der Waals surface area contributed by atoms with E-state index in [2.05, 4.69) is 28.9 Å². The molecule has 5 nitrogen and oxygen atoms in total. The number of nitrogens with zero attached hydrogens (tertiary/aromatic N) is 4. The monoisotopic (exact) mass is 438 g/mol. The molecular formula is C28H30N4O. The second kappa shape index (κ2) is 10.7. The molecule has 5 heteroatoms. The lowest BCUT2D eigenvalue weighted by atomic mass is 9.96. The van der Waals surface area contributed by atoms with E-state index in [1.165, 1.54) is 10.6 Å². The molecule has 1 aliphatic heterocycles. The zero-order valence-electron chi connectivity index (χ0n) is 19.1. The lowest BCUT2D eigenvalue weighted by molar-refractivity contribution is 0.128. The number of amides is 2. The van der Waals surface area contributed by atoms with Crippen molar-refractivity contribution in [2.75, 3.05) is 6.54 Å². The Bertz CT molecular complexity index is 1090. The number of aromatic nitrogens is 1. The van der Waals surface area contributed by atoms with E-state index in [0.29, 0.717) is 0 Å². The number of piperidine rings is 1. The molecule has 0 spiro atoms. The molecule has 33 heavy (non-hydrogen) atoms. The third kappa shape index (κ3) is 5.55. The first-order chi connectivity index (χ1) is 16.2. The summed E-state index contributed by atoms with van der Waals surface area (Å²) in [5.74, 6) is 0. The fourth-order valence-electron chi connectivity index (χ4n) is 4.33. The molecular weight excluding hydrogens is 408 g/mol. The van der Waals surface area contributed by atoms with E-state index in [1.807, 2.05) is 72.5 Å². The number of rotatable bonds is 6. The molecule has 1 aliphatic rings. The Hall–Kier alpha value is -3.73. The second-order valence-corrected chi connectivity index (χ2v) is 8.41. The lowest BCUT2D eigenvalue weighted by Crippen LogP contribution is -2.48. The van der Waals surface area contributed by atoms with Gasteiger partial charge in [0.05, 0.1) is 5.69 Å². The SMILES string of the molecule is C=NN(/C=C(\C)c1ccc(-c2ccccn2)cc1)C(=O)N1CCCCC1Cc1ccccc1. The third-order valence-electron chi connectivity index (χ3n) is 6.15. The van der Waals surface area contributed by atoms with E-state index in [-0.39, 0.29) is 12.1 Å². The van der Waals surface area contributed by atoms with Gasteiger partial charge in [-0.25, -0.2) is 4.79 Å². The fraction of sp³-hybridized carbons (Fsp3) is 0.250. The van der Waals surface area contributed by atoms with Crippen molar-refractivity contribution in [3.05, 3.63) is 96.3 Å². The molecule has 0 saturated carbocycles. The maximum absolute atomic E-state index is 13.4. The first-order valence-corrected chi connectivity index (χ1v) is 11.5. The summed E-state index contributed by atoms with van der Waals surface area (Å²) in [7, 11) is 0. The van der Waals surface area contributed by atoms with Gasteiger partial charge in [-0.1, -0.05) is 60.7 Å². The van der Waals surface area contributed by atoms with Crippen LogP contribution in [0.15, 0.2) is 90.3 Å². The van der Waals surface area contributed by atoms with Crippen molar-refractivity contribution in [3.8, 4) is 11.3 Å². The number of pyridine rings is 1. The highest BCUT2D eigenvalue weighted by molar-refractivity contribution is 5.78. The van der Waals surface area contributed by atoms with Crippen molar-refractivity contribution >= 4 is 18.3 Å². The third-order valence-corrected chi connectivity index (χ3v) is 6.15. The van der Waals surface area contributed by atoms with Crippen molar-refractivity contribution < 1.29 is 4.79 Å². The lowest BCUT2D eigenvalue weighted by Gasteiger charge is -2.37. The average molecular weight is 439 g/mol. The minimum atomic E-state index is -0.116. The van der Waals surface area contributed by atoms with Gasteiger partial charge in [-0.2, -0.15) is 10.1 Å². The van der Waals surface area contributed by atoms with Crippen molar-refractivity contribution in [2.24, 2.45) is 5.10 Å². The first-order valence-electron chi connectivity index (χ1n) is 11.5. The van der Waals surface area contributed by atoms with Crippen molar-refractivity contribution in [1.29, 1.82) is 0 Å². The van der Waals surface area contributed by atoms with E-state index in [1.54, 1.807) is 12.4 Å². The van der Waals surface area contributed by atoms with Gasteiger partial charge in [-0.15, -0.1) is 0 Å². The Kier molecular flexibility index (Phi) is 7.30.